The van der Waals surface area contributed by atoms with Gasteiger partial charge in [-0.05, 0) is 60.5 Å². The first kappa shape index (κ1) is 31.6. The van der Waals surface area contributed by atoms with Gasteiger partial charge in [0, 0.05) is 32.1 Å². The van der Waals surface area contributed by atoms with Crippen molar-refractivity contribution in [2.45, 2.75) is 52.1 Å². The molecule has 2 saturated heterocycles. The highest BCUT2D eigenvalue weighted by Gasteiger charge is 2.40. The molecule has 204 valence electrons. The quantitative estimate of drug-likeness (QED) is 0.460. The molecule has 2 atom stereocenters. The molecule has 0 aromatic heterocycles. The molecule has 2 fully saturated rings. The van der Waals surface area contributed by atoms with Gasteiger partial charge in [0.2, 0.25) is 5.91 Å². The lowest BCUT2D eigenvalue weighted by atomic mass is 9.82. The van der Waals surface area contributed by atoms with E-state index in [1.54, 1.807) is 0 Å². The van der Waals surface area contributed by atoms with Gasteiger partial charge in [0.1, 0.15) is 0 Å². The molecule has 0 aliphatic carbocycles. The fourth-order valence-corrected chi connectivity index (χ4v) is 5.61. The van der Waals surface area contributed by atoms with Gasteiger partial charge in [0.15, 0.2) is 5.69 Å². The van der Waals surface area contributed by atoms with E-state index in [0.717, 1.165) is 50.1 Å². The summed E-state index contributed by atoms with van der Waals surface area (Å²) in [4.78, 5) is 21.7. The van der Waals surface area contributed by atoms with E-state index >= 15 is 0 Å². The number of nitrogens with one attached hydrogen (secondary N) is 1. The predicted molar refractivity (Wildman–Crippen MR) is 157 cm³/mol. The molecular weight excluding hydrogens is 517 g/mol. The maximum atomic E-state index is 13.5. The molecule has 1 unspecified atom stereocenters. The number of rotatable bonds is 5. The maximum Gasteiger partial charge on any atom is 0.223 e. The van der Waals surface area contributed by atoms with Crippen molar-refractivity contribution in [3.63, 3.8) is 0 Å². The summed E-state index contributed by atoms with van der Waals surface area (Å²) in [6.45, 7) is 18.3. The Balaban J connectivity index is 0.00000253. The number of amides is 1. The third kappa shape index (κ3) is 7.49. The Morgan fingerprint density at radius 3 is 2.16 bits per heavy atom. The van der Waals surface area contributed by atoms with Crippen LogP contribution in [0.3, 0.4) is 0 Å². The minimum Gasteiger partial charge on any atom is -0.337 e. The van der Waals surface area contributed by atoms with Gasteiger partial charge in [-0.3, -0.25) is 9.69 Å². The Bertz CT molecular complexity index is 1070. The summed E-state index contributed by atoms with van der Waals surface area (Å²) >= 11 is 0. The lowest BCUT2D eigenvalue weighted by Gasteiger charge is -2.49. The van der Waals surface area contributed by atoms with Crippen LogP contribution in [0.2, 0.25) is 0 Å². The Labute approximate surface area is 240 Å². The number of nitrogens with zero attached hydrogens (tertiary/aromatic N) is 4. The summed E-state index contributed by atoms with van der Waals surface area (Å²) in [5, 5.41) is 12.7. The molecule has 2 aromatic rings. The molecule has 6 nitrogen and oxygen atoms in total. The number of hydrogen-bond donors (Lipinski definition) is 1. The standard InChI is InChI=1S/C30H37N5O.2ClH/c1-30(2,3)27-21-34(17-18-35(27)28(36)19-22-13-15-33-16-14-22)29(24-7-5-23(20-31)6-8-24)25-9-11-26(32-4)12-10-25;;/h5-12,22,27,29,33H,13-19,21H2,1-3H3;2*1H/t27-,29?;;/m1../s1. The highest BCUT2D eigenvalue weighted by Crippen LogP contribution is 2.36. The van der Waals surface area contributed by atoms with Gasteiger partial charge in [0.25, 0.3) is 0 Å². The second kappa shape index (κ2) is 14.0. The van der Waals surface area contributed by atoms with Crippen molar-refractivity contribution in [2.75, 3.05) is 32.7 Å². The van der Waals surface area contributed by atoms with Crippen LogP contribution in [-0.4, -0.2) is 54.5 Å². The molecule has 1 N–H and O–H groups in total. The highest BCUT2D eigenvalue weighted by atomic mass is 35.5. The fourth-order valence-electron chi connectivity index (χ4n) is 5.61. The minimum absolute atomic E-state index is 0. The molecule has 0 radical (unpaired) electrons. The molecule has 0 bridgehead atoms. The highest BCUT2D eigenvalue weighted by molar-refractivity contribution is 5.85. The van der Waals surface area contributed by atoms with Crippen molar-refractivity contribution in [1.82, 2.24) is 15.1 Å². The number of carbonyl (C=O) groups excluding carboxylic acids is 1. The smallest absolute Gasteiger partial charge is 0.223 e. The monoisotopic (exact) mass is 555 g/mol. The number of benzene rings is 2. The third-order valence-electron chi connectivity index (χ3n) is 7.71. The average molecular weight is 557 g/mol. The molecule has 0 saturated carbocycles. The van der Waals surface area contributed by atoms with Crippen LogP contribution in [0.1, 0.15) is 62.8 Å². The van der Waals surface area contributed by atoms with Crippen molar-refractivity contribution in [2.24, 2.45) is 11.3 Å². The van der Waals surface area contributed by atoms with E-state index in [-0.39, 0.29) is 48.2 Å². The van der Waals surface area contributed by atoms with E-state index in [1.807, 2.05) is 48.5 Å². The van der Waals surface area contributed by atoms with Gasteiger partial charge in [-0.15, -0.1) is 24.8 Å². The Hall–Kier alpha value is -2.61. The molecule has 2 heterocycles. The normalized spacial score (nSPS) is 19.3. The zero-order chi connectivity index (χ0) is 25.7. The van der Waals surface area contributed by atoms with E-state index in [9.17, 15) is 10.1 Å². The summed E-state index contributed by atoms with van der Waals surface area (Å²) in [5.41, 5.74) is 3.44. The first-order chi connectivity index (χ1) is 17.3. The van der Waals surface area contributed by atoms with Crippen LogP contribution < -0.4 is 5.32 Å². The molecule has 2 aromatic carbocycles. The second-order valence-corrected chi connectivity index (χ2v) is 11.2. The van der Waals surface area contributed by atoms with Gasteiger partial charge < -0.3 is 10.2 Å². The summed E-state index contributed by atoms with van der Waals surface area (Å²) in [5.74, 6) is 0.766. The number of hydrogen-bond acceptors (Lipinski definition) is 4. The summed E-state index contributed by atoms with van der Waals surface area (Å²) in [7, 11) is 0. The second-order valence-electron chi connectivity index (χ2n) is 11.2. The number of nitriles is 1. The summed E-state index contributed by atoms with van der Waals surface area (Å²) in [6.07, 6.45) is 2.80. The van der Waals surface area contributed by atoms with Crippen molar-refractivity contribution in [1.29, 1.82) is 5.26 Å². The van der Waals surface area contributed by atoms with Crippen molar-refractivity contribution in [3.8, 4) is 6.07 Å². The number of piperazine rings is 1. The minimum atomic E-state index is -0.0639. The van der Waals surface area contributed by atoms with Crippen molar-refractivity contribution < 1.29 is 4.79 Å². The van der Waals surface area contributed by atoms with Gasteiger partial charge in [-0.25, -0.2) is 4.85 Å². The van der Waals surface area contributed by atoms with E-state index in [2.05, 4.69) is 46.8 Å². The molecule has 0 spiro atoms. The SMILES string of the molecule is Cl.Cl.[C-]#[N+]c1ccc(C(c2ccc(C#N)cc2)N2CCN(C(=O)CC3CCNCC3)[C@@H](C(C)(C)C)C2)cc1. The average Bonchev–Trinajstić information content (AvgIpc) is 2.89. The molecule has 38 heavy (non-hydrogen) atoms. The third-order valence-corrected chi connectivity index (χ3v) is 7.71. The number of halogens is 2. The van der Waals surface area contributed by atoms with Crippen LogP contribution in [0.25, 0.3) is 4.85 Å². The molecular formula is C30H39Cl2N5O. The lowest BCUT2D eigenvalue weighted by molar-refractivity contribution is -0.141. The molecule has 2 aliphatic heterocycles. The topological polar surface area (TPSA) is 63.7 Å². The summed E-state index contributed by atoms with van der Waals surface area (Å²) < 4.78 is 0. The molecule has 1 amide bonds. The number of carbonyl (C=O) groups is 1. The zero-order valence-corrected chi connectivity index (χ0v) is 24.2. The largest absolute Gasteiger partial charge is 0.337 e. The van der Waals surface area contributed by atoms with E-state index in [0.29, 0.717) is 30.1 Å². The van der Waals surface area contributed by atoms with Gasteiger partial charge in [-0.2, -0.15) is 5.26 Å². The fraction of sp³-hybridized carbons (Fsp3) is 0.500. The van der Waals surface area contributed by atoms with Gasteiger partial charge in [0.05, 0.1) is 24.2 Å². The first-order valence-electron chi connectivity index (χ1n) is 13.0. The molecule has 8 heteroatoms. The van der Waals surface area contributed by atoms with E-state index in [1.165, 1.54) is 0 Å². The Kier molecular flexibility index (Phi) is 11.6. The van der Waals surface area contributed by atoms with Gasteiger partial charge >= 0.3 is 0 Å². The van der Waals surface area contributed by atoms with Crippen LogP contribution in [0, 0.1) is 29.2 Å². The Morgan fingerprint density at radius 1 is 1.05 bits per heavy atom. The Morgan fingerprint density at radius 2 is 1.63 bits per heavy atom. The summed E-state index contributed by atoms with van der Waals surface area (Å²) in [6, 6.07) is 17.9. The van der Waals surface area contributed by atoms with E-state index < -0.39 is 0 Å². The van der Waals surface area contributed by atoms with Crippen LogP contribution >= 0.6 is 24.8 Å². The zero-order valence-electron chi connectivity index (χ0n) is 22.5. The van der Waals surface area contributed by atoms with Gasteiger partial charge in [-0.1, -0.05) is 57.2 Å². The molecule has 2 aliphatic rings. The van der Waals surface area contributed by atoms with Crippen LogP contribution in [0.5, 0.6) is 0 Å². The van der Waals surface area contributed by atoms with E-state index in [4.69, 9.17) is 6.57 Å². The van der Waals surface area contributed by atoms with Crippen LogP contribution in [-0.2, 0) is 4.79 Å². The first-order valence-corrected chi connectivity index (χ1v) is 13.0. The van der Waals surface area contributed by atoms with Crippen LogP contribution in [0.15, 0.2) is 48.5 Å². The number of piperidine rings is 1. The molecule has 4 rings (SSSR count). The lowest BCUT2D eigenvalue weighted by Crippen LogP contribution is -2.60. The van der Waals surface area contributed by atoms with Crippen molar-refractivity contribution >= 4 is 36.4 Å². The van der Waals surface area contributed by atoms with Crippen LogP contribution in [0.4, 0.5) is 5.69 Å². The maximum absolute atomic E-state index is 13.5. The van der Waals surface area contributed by atoms with Crippen molar-refractivity contribution in [3.05, 3.63) is 76.6 Å². The predicted octanol–water partition coefficient (Wildman–Crippen LogP) is 5.99.